The molecule has 152 valence electrons. The van der Waals surface area contributed by atoms with Gasteiger partial charge in [-0.05, 0) is 56.7 Å². The molecule has 3 rings (SSSR count). The molecule has 29 heavy (non-hydrogen) atoms. The van der Waals surface area contributed by atoms with Crippen LogP contribution in [0.5, 0.6) is 11.5 Å². The summed E-state index contributed by atoms with van der Waals surface area (Å²) in [6.07, 6.45) is 4.16. The first kappa shape index (κ1) is 20.4. The van der Waals surface area contributed by atoms with Crippen LogP contribution in [-0.2, 0) is 0 Å². The zero-order valence-corrected chi connectivity index (χ0v) is 16.7. The maximum atomic E-state index is 14.5. The second-order valence-corrected chi connectivity index (χ2v) is 6.41. The van der Waals surface area contributed by atoms with Gasteiger partial charge in [0.2, 0.25) is 0 Å². The lowest BCUT2D eigenvalue weighted by atomic mass is 10.1. The van der Waals surface area contributed by atoms with Crippen molar-refractivity contribution in [1.29, 1.82) is 0 Å². The van der Waals surface area contributed by atoms with Crippen LogP contribution in [0.25, 0.3) is 5.69 Å². The third-order valence-corrected chi connectivity index (χ3v) is 4.26. The summed E-state index contributed by atoms with van der Waals surface area (Å²) in [6, 6.07) is 9.53. The molecule has 0 fully saturated rings. The van der Waals surface area contributed by atoms with Gasteiger partial charge >= 0.3 is 0 Å². The third kappa shape index (κ3) is 4.74. The maximum absolute atomic E-state index is 14.5. The number of anilines is 1. The molecule has 0 unspecified atom stereocenters. The molecule has 2 aromatic carbocycles. The fraction of sp³-hybridized carbons (Fsp3) is 0.273. The molecule has 0 aliphatic rings. The lowest BCUT2D eigenvalue weighted by Crippen LogP contribution is -2.13. The van der Waals surface area contributed by atoms with Crippen LogP contribution >= 0.6 is 0 Å². The first-order chi connectivity index (χ1) is 14.0. The number of aromatic nitrogens is 2. The van der Waals surface area contributed by atoms with Crippen LogP contribution < -0.4 is 14.8 Å². The van der Waals surface area contributed by atoms with Gasteiger partial charge in [-0.2, -0.15) is 0 Å². The highest BCUT2D eigenvalue weighted by Gasteiger charge is 2.14. The Hall–Kier alpha value is -3.35. The Bertz CT molecular complexity index is 1000. The molecule has 0 atom stereocenters. The Morgan fingerprint density at radius 1 is 1.14 bits per heavy atom. The van der Waals surface area contributed by atoms with Crippen LogP contribution in [0, 0.1) is 12.7 Å². The van der Waals surface area contributed by atoms with Crippen LogP contribution in [0.15, 0.2) is 48.8 Å². The smallest absolute Gasteiger partial charge is 0.255 e. The molecular formula is C22H24FN3O3. The second kappa shape index (κ2) is 9.23. The summed E-state index contributed by atoms with van der Waals surface area (Å²) in [4.78, 5) is 16.7. The Morgan fingerprint density at radius 3 is 2.62 bits per heavy atom. The van der Waals surface area contributed by atoms with E-state index >= 15 is 0 Å². The highest BCUT2D eigenvalue weighted by atomic mass is 19.1. The summed E-state index contributed by atoms with van der Waals surface area (Å²) < 4.78 is 27.4. The van der Waals surface area contributed by atoms with Crippen LogP contribution in [0.3, 0.4) is 0 Å². The number of nitrogens with zero attached hydrogens (tertiary/aromatic N) is 2. The van der Waals surface area contributed by atoms with Crippen molar-refractivity contribution in [2.75, 3.05) is 18.5 Å². The van der Waals surface area contributed by atoms with E-state index in [0.29, 0.717) is 47.5 Å². The Labute approximate surface area is 169 Å². The van der Waals surface area contributed by atoms with Gasteiger partial charge in [0.05, 0.1) is 18.9 Å². The van der Waals surface area contributed by atoms with Gasteiger partial charge in [0.15, 0.2) is 11.5 Å². The summed E-state index contributed by atoms with van der Waals surface area (Å²) in [6.45, 7) is 6.68. The minimum Gasteiger partial charge on any atom is -0.490 e. The van der Waals surface area contributed by atoms with Crippen molar-refractivity contribution >= 4 is 11.6 Å². The molecule has 0 saturated carbocycles. The quantitative estimate of drug-likeness (QED) is 0.595. The lowest BCUT2D eigenvalue weighted by molar-refractivity contribution is 0.102. The molecule has 0 bridgehead atoms. The van der Waals surface area contributed by atoms with E-state index in [4.69, 9.17) is 9.47 Å². The highest BCUT2D eigenvalue weighted by Crippen LogP contribution is 2.29. The van der Waals surface area contributed by atoms with E-state index in [2.05, 4.69) is 10.3 Å². The van der Waals surface area contributed by atoms with Crippen molar-refractivity contribution < 1.29 is 18.7 Å². The number of hydrogen-bond acceptors (Lipinski definition) is 4. The molecule has 6 nitrogen and oxygen atoms in total. The van der Waals surface area contributed by atoms with E-state index in [9.17, 15) is 9.18 Å². The summed E-state index contributed by atoms with van der Waals surface area (Å²) >= 11 is 0. The first-order valence-electron chi connectivity index (χ1n) is 9.54. The Morgan fingerprint density at radius 2 is 1.97 bits per heavy atom. The van der Waals surface area contributed by atoms with Crippen molar-refractivity contribution in [3.05, 3.63) is 66.0 Å². The predicted octanol–water partition coefficient (Wildman–Crippen LogP) is 4.76. The first-order valence-corrected chi connectivity index (χ1v) is 9.54. The topological polar surface area (TPSA) is 65.4 Å². The third-order valence-electron chi connectivity index (χ3n) is 4.26. The number of carbonyl (C=O) groups is 1. The van der Waals surface area contributed by atoms with Crippen LogP contribution in [0.4, 0.5) is 10.1 Å². The molecule has 1 aromatic heterocycles. The number of imidazole rings is 1. The minimum atomic E-state index is -0.456. The molecule has 1 heterocycles. The molecule has 0 aliphatic carbocycles. The van der Waals surface area contributed by atoms with E-state index in [-0.39, 0.29) is 5.91 Å². The van der Waals surface area contributed by atoms with Gasteiger partial charge in [-0.15, -0.1) is 0 Å². The maximum Gasteiger partial charge on any atom is 0.255 e. The van der Waals surface area contributed by atoms with Crippen molar-refractivity contribution in [1.82, 2.24) is 9.55 Å². The average Bonchev–Trinajstić information content (AvgIpc) is 3.13. The zero-order chi connectivity index (χ0) is 20.8. The number of halogens is 1. The summed E-state index contributed by atoms with van der Waals surface area (Å²) in [7, 11) is 0. The van der Waals surface area contributed by atoms with E-state index in [1.807, 2.05) is 13.8 Å². The standard InChI is InChI=1S/C22H24FN3O3/c1-4-12-29-20-9-6-16(13-21(20)28-5-2)22(27)25-17-7-8-19(18(23)14-17)26-11-10-24-15(26)3/h6-11,13-14H,4-5,12H2,1-3H3,(H,25,27). The van der Waals surface area contributed by atoms with E-state index in [0.717, 1.165) is 6.42 Å². The number of carbonyl (C=O) groups excluding carboxylic acids is 1. The highest BCUT2D eigenvalue weighted by molar-refractivity contribution is 6.04. The van der Waals surface area contributed by atoms with Crippen molar-refractivity contribution in [2.45, 2.75) is 27.2 Å². The minimum absolute atomic E-state index is 0.360. The van der Waals surface area contributed by atoms with Gasteiger partial charge in [-0.3, -0.25) is 4.79 Å². The normalized spacial score (nSPS) is 10.6. The second-order valence-electron chi connectivity index (χ2n) is 6.41. The number of hydrogen-bond donors (Lipinski definition) is 1. The van der Waals surface area contributed by atoms with Gasteiger partial charge in [-0.1, -0.05) is 6.92 Å². The monoisotopic (exact) mass is 397 g/mol. The van der Waals surface area contributed by atoms with E-state index < -0.39 is 5.82 Å². The van der Waals surface area contributed by atoms with Crippen LogP contribution in [0.2, 0.25) is 0 Å². The fourth-order valence-electron chi connectivity index (χ4n) is 2.86. The lowest BCUT2D eigenvalue weighted by Gasteiger charge is -2.13. The van der Waals surface area contributed by atoms with E-state index in [1.165, 1.54) is 6.07 Å². The van der Waals surface area contributed by atoms with Crippen molar-refractivity contribution in [3.8, 4) is 17.2 Å². The number of aryl methyl sites for hydroxylation is 1. The number of ether oxygens (including phenoxy) is 2. The average molecular weight is 397 g/mol. The molecule has 0 radical (unpaired) electrons. The van der Waals surface area contributed by atoms with Gasteiger partial charge in [-0.25, -0.2) is 9.37 Å². The number of amides is 1. The van der Waals surface area contributed by atoms with Gasteiger partial charge in [0, 0.05) is 23.6 Å². The largest absolute Gasteiger partial charge is 0.490 e. The Balaban J connectivity index is 1.78. The van der Waals surface area contributed by atoms with Gasteiger partial charge < -0.3 is 19.4 Å². The molecule has 0 saturated heterocycles. The summed E-state index contributed by atoms with van der Waals surface area (Å²) in [5, 5.41) is 2.72. The summed E-state index contributed by atoms with van der Waals surface area (Å²) in [5.74, 6) is 0.956. The number of nitrogens with one attached hydrogen (secondary N) is 1. The van der Waals surface area contributed by atoms with Gasteiger partial charge in [0.25, 0.3) is 5.91 Å². The molecular weight excluding hydrogens is 373 g/mol. The molecule has 3 aromatic rings. The van der Waals surface area contributed by atoms with Crippen molar-refractivity contribution in [3.63, 3.8) is 0 Å². The number of rotatable bonds is 8. The number of benzene rings is 2. The Kier molecular flexibility index (Phi) is 6.49. The predicted molar refractivity (Wildman–Crippen MR) is 110 cm³/mol. The van der Waals surface area contributed by atoms with Gasteiger partial charge in [0.1, 0.15) is 11.6 Å². The van der Waals surface area contributed by atoms with Crippen LogP contribution in [0.1, 0.15) is 36.5 Å². The molecule has 0 spiro atoms. The van der Waals surface area contributed by atoms with Crippen molar-refractivity contribution in [2.24, 2.45) is 0 Å². The molecule has 7 heteroatoms. The van der Waals surface area contributed by atoms with E-state index in [1.54, 1.807) is 54.2 Å². The summed E-state index contributed by atoms with van der Waals surface area (Å²) in [5.41, 5.74) is 1.12. The molecule has 1 amide bonds. The fourth-order valence-corrected chi connectivity index (χ4v) is 2.86. The SMILES string of the molecule is CCCOc1ccc(C(=O)Nc2ccc(-n3ccnc3C)c(F)c2)cc1OCC. The van der Waals surface area contributed by atoms with Crippen LogP contribution in [-0.4, -0.2) is 28.7 Å². The molecule has 0 aliphatic heterocycles. The molecule has 1 N–H and O–H groups in total. The zero-order valence-electron chi connectivity index (χ0n) is 16.7.